The Labute approximate surface area is 110 Å². The van der Waals surface area contributed by atoms with E-state index in [9.17, 15) is 18.0 Å². The highest BCUT2D eigenvalue weighted by molar-refractivity contribution is 7.80. The molecule has 1 N–H and O–H groups in total. The highest BCUT2D eigenvalue weighted by atomic mass is 32.1. The molecular weight excluding hydrogens is 283 g/mol. The van der Waals surface area contributed by atoms with Gasteiger partial charge in [0, 0.05) is 22.4 Å². The number of hydrogen-bond acceptors (Lipinski definition) is 3. The summed E-state index contributed by atoms with van der Waals surface area (Å²) in [5.41, 5.74) is -0.671. The van der Waals surface area contributed by atoms with E-state index in [-0.39, 0.29) is 4.88 Å². The second kappa shape index (κ2) is 5.03. The van der Waals surface area contributed by atoms with Gasteiger partial charge in [0.05, 0.1) is 4.88 Å². The van der Waals surface area contributed by atoms with Crippen LogP contribution in [0.1, 0.15) is 9.67 Å². The number of benzene rings is 1. The summed E-state index contributed by atoms with van der Waals surface area (Å²) < 4.78 is 39.2. The third kappa shape index (κ3) is 2.68. The Kier molecular flexibility index (Phi) is 3.63. The fourth-order valence-electron chi connectivity index (χ4n) is 1.28. The molecule has 1 aromatic carbocycles. The predicted molar refractivity (Wildman–Crippen MR) is 65.8 cm³/mol. The van der Waals surface area contributed by atoms with Gasteiger partial charge in [-0.15, -0.1) is 24.0 Å². The van der Waals surface area contributed by atoms with Gasteiger partial charge in [-0.1, -0.05) is 0 Å². The minimum atomic E-state index is -1.16. The monoisotopic (exact) mass is 289 g/mol. The van der Waals surface area contributed by atoms with Crippen molar-refractivity contribution < 1.29 is 18.0 Å². The molecule has 0 fully saturated rings. The Bertz CT molecular complexity index is 589. The molecule has 7 heteroatoms. The Balaban J connectivity index is 2.27. The first-order valence-electron chi connectivity index (χ1n) is 4.71. The quantitative estimate of drug-likeness (QED) is 0.811. The molecule has 2 aromatic rings. The number of halogens is 3. The summed E-state index contributed by atoms with van der Waals surface area (Å²) in [6, 6.07) is 2.46. The summed E-state index contributed by atoms with van der Waals surface area (Å²) in [5, 5.41) is 3.66. The minimum absolute atomic E-state index is 0.253. The SMILES string of the molecule is O=C(Nc1c(F)cc(F)cc1F)c1cc(S)cs1. The minimum Gasteiger partial charge on any atom is -0.316 e. The van der Waals surface area contributed by atoms with Crippen LogP contribution in [0.5, 0.6) is 0 Å². The van der Waals surface area contributed by atoms with Crippen molar-refractivity contribution in [2.45, 2.75) is 4.90 Å². The van der Waals surface area contributed by atoms with Crippen LogP contribution in [0.25, 0.3) is 0 Å². The van der Waals surface area contributed by atoms with Crippen LogP contribution in [-0.4, -0.2) is 5.91 Å². The maximum atomic E-state index is 13.3. The molecule has 18 heavy (non-hydrogen) atoms. The van der Waals surface area contributed by atoms with E-state index in [2.05, 4.69) is 17.9 Å². The standard InChI is InChI=1S/C11H6F3NOS2/c12-5-1-7(13)10(8(14)2-5)15-11(16)9-3-6(17)4-18-9/h1-4,17H,(H,15,16). The second-order valence-electron chi connectivity index (χ2n) is 3.37. The molecule has 0 unspecified atom stereocenters. The molecule has 1 amide bonds. The zero-order chi connectivity index (χ0) is 13.3. The average Bonchev–Trinajstić information content (AvgIpc) is 2.70. The molecule has 0 aliphatic heterocycles. The number of carbonyl (C=O) groups is 1. The highest BCUT2D eigenvalue weighted by Gasteiger charge is 2.16. The molecule has 1 aromatic heterocycles. The molecule has 0 aliphatic carbocycles. The molecule has 0 saturated carbocycles. The largest absolute Gasteiger partial charge is 0.316 e. The number of anilines is 1. The number of thiol groups is 1. The zero-order valence-corrected chi connectivity index (χ0v) is 10.4. The van der Waals surface area contributed by atoms with E-state index in [1.165, 1.54) is 6.07 Å². The number of nitrogens with one attached hydrogen (secondary N) is 1. The van der Waals surface area contributed by atoms with Gasteiger partial charge in [-0.25, -0.2) is 13.2 Å². The Morgan fingerprint density at radius 3 is 2.28 bits per heavy atom. The lowest BCUT2D eigenvalue weighted by atomic mass is 10.2. The van der Waals surface area contributed by atoms with Crippen LogP contribution in [0.4, 0.5) is 18.9 Å². The summed E-state index contributed by atoms with van der Waals surface area (Å²) >= 11 is 5.10. The van der Waals surface area contributed by atoms with Crippen molar-refractivity contribution in [2.75, 3.05) is 5.32 Å². The van der Waals surface area contributed by atoms with E-state index < -0.39 is 29.0 Å². The van der Waals surface area contributed by atoms with Crippen LogP contribution in [0.3, 0.4) is 0 Å². The molecule has 94 valence electrons. The first kappa shape index (κ1) is 13.0. The lowest BCUT2D eigenvalue weighted by Gasteiger charge is -2.06. The second-order valence-corrected chi connectivity index (χ2v) is 4.80. The number of thiophene rings is 1. The van der Waals surface area contributed by atoms with Crippen LogP contribution in [-0.2, 0) is 0 Å². The van der Waals surface area contributed by atoms with Gasteiger partial charge in [0.1, 0.15) is 11.5 Å². The molecule has 0 atom stereocenters. The summed E-state index contributed by atoms with van der Waals surface area (Å²) in [6.45, 7) is 0. The van der Waals surface area contributed by atoms with E-state index >= 15 is 0 Å². The van der Waals surface area contributed by atoms with E-state index in [0.717, 1.165) is 11.3 Å². The fourth-order valence-corrected chi connectivity index (χ4v) is 2.33. The first-order valence-corrected chi connectivity index (χ1v) is 6.03. The lowest BCUT2D eigenvalue weighted by molar-refractivity contribution is 0.102. The zero-order valence-electron chi connectivity index (χ0n) is 8.71. The van der Waals surface area contributed by atoms with E-state index in [4.69, 9.17) is 0 Å². The smallest absolute Gasteiger partial charge is 0.265 e. The molecule has 1 heterocycles. The molecule has 0 aliphatic rings. The third-order valence-corrected chi connectivity index (χ3v) is 3.42. The van der Waals surface area contributed by atoms with Crippen molar-refractivity contribution in [2.24, 2.45) is 0 Å². The van der Waals surface area contributed by atoms with Crippen molar-refractivity contribution in [3.05, 3.63) is 45.9 Å². The average molecular weight is 289 g/mol. The summed E-state index contributed by atoms with van der Waals surface area (Å²) in [6.07, 6.45) is 0. The van der Waals surface area contributed by atoms with Crippen LogP contribution >= 0.6 is 24.0 Å². The van der Waals surface area contributed by atoms with E-state index in [1.54, 1.807) is 5.38 Å². The van der Waals surface area contributed by atoms with Gasteiger partial charge in [0.15, 0.2) is 11.6 Å². The van der Waals surface area contributed by atoms with Crippen molar-refractivity contribution in [3.63, 3.8) is 0 Å². The summed E-state index contributed by atoms with van der Waals surface area (Å²) in [4.78, 5) is 12.5. The number of rotatable bonds is 2. The fraction of sp³-hybridized carbons (Fsp3) is 0. The topological polar surface area (TPSA) is 29.1 Å². The van der Waals surface area contributed by atoms with Crippen LogP contribution in [0.15, 0.2) is 28.5 Å². The van der Waals surface area contributed by atoms with Gasteiger partial charge in [0.2, 0.25) is 0 Å². The van der Waals surface area contributed by atoms with Crippen molar-refractivity contribution in [3.8, 4) is 0 Å². The van der Waals surface area contributed by atoms with Gasteiger partial charge in [0.25, 0.3) is 5.91 Å². The molecule has 0 radical (unpaired) electrons. The van der Waals surface area contributed by atoms with Crippen LogP contribution in [0.2, 0.25) is 0 Å². The first-order chi connectivity index (χ1) is 8.47. The third-order valence-electron chi connectivity index (χ3n) is 2.05. The predicted octanol–water partition coefficient (Wildman–Crippen LogP) is 3.71. The van der Waals surface area contributed by atoms with Crippen LogP contribution < -0.4 is 5.32 Å². The van der Waals surface area contributed by atoms with Crippen molar-refractivity contribution >= 4 is 35.6 Å². The molecule has 0 saturated heterocycles. The van der Waals surface area contributed by atoms with Crippen molar-refractivity contribution in [1.29, 1.82) is 0 Å². The van der Waals surface area contributed by atoms with Gasteiger partial charge in [-0.3, -0.25) is 4.79 Å². The van der Waals surface area contributed by atoms with Gasteiger partial charge >= 0.3 is 0 Å². The number of amides is 1. The van der Waals surface area contributed by atoms with E-state index in [1.807, 2.05) is 0 Å². The Hall–Kier alpha value is -1.47. The summed E-state index contributed by atoms with van der Waals surface area (Å²) in [5.74, 6) is -4.05. The summed E-state index contributed by atoms with van der Waals surface area (Å²) in [7, 11) is 0. The lowest BCUT2D eigenvalue weighted by Crippen LogP contribution is -2.13. The molecule has 2 rings (SSSR count). The maximum absolute atomic E-state index is 13.3. The normalized spacial score (nSPS) is 10.4. The molecular formula is C11H6F3NOS2. The molecule has 2 nitrogen and oxygen atoms in total. The number of hydrogen-bond donors (Lipinski definition) is 2. The van der Waals surface area contributed by atoms with Gasteiger partial charge in [-0.2, -0.15) is 0 Å². The molecule has 0 spiro atoms. The van der Waals surface area contributed by atoms with Gasteiger partial charge in [-0.05, 0) is 6.07 Å². The van der Waals surface area contributed by atoms with Crippen LogP contribution in [0, 0.1) is 17.5 Å². The molecule has 0 bridgehead atoms. The highest BCUT2D eigenvalue weighted by Crippen LogP contribution is 2.23. The Morgan fingerprint density at radius 2 is 1.78 bits per heavy atom. The van der Waals surface area contributed by atoms with E-state index in [0.29, 0.717) is 17.0 Å². The Morgan fingerprint density at radius 1 is 1.17 bits per heavy atom. The van der Waals surface area contributed by atoms with Gasteiger partial charge < -0.3 is 5.32 Å². The number of carbonyl (C=O) groups excluding carboxylic acids is 1. The maximum Gasteiger partial charge on any atom is 0.265 e. The van der Waals surface area contributed by atoms with Crippen molar-refractivity contribution in [1.82, 2.24) is 0 Å².